The van der Waals surface area contributed by atoms with Crippen LogP contribution in [0.4, 0.5) is 8.78 Å². The first-order valence-corrected chi connectivity index (χ1v) is 7.39. The quantitative estimate of drug-likeness (QED) is 0.688. The van der Waals surface area contributed by atoms with Crippen molar-refractivity contribution in [3.8, 4) is 5.75 Å². The summed E-state index contributed by atoms with van der Waals surface area (Å²) in [6.45, 7) is 1.63. The number of benzene rings is 1. The maximum Gasteiger partial charge on any atom is 0.340 e. The third kappa shape index (κ3) is 2.50. The lowest BCUT2D eigenvalue weighted by Gasteiger charge is -2.06. The van der Waals surface area contributed by atoms with Gasteiger partial charge in [-0.3, -0.25) is 0 Å². The molecule has 114 valence electrons. The summed E-state index contributed by atoms with van der Waals surface area (Å²) < 4.78 is 59.9. The van der Waals surface area contributed by atoms with Gasteiger partial charge in [-0.2, -0.15) is 8.42 Å². The molecule has 3 rings (SSSR count). The standard InChI is InChI=1S/C13H8F2N2O4S/c1-7-10-5-9(6-16-13(10)20-17-7)22(18,19)21-8-2-3-11(14)12(15)4-8/h2-6H,1H3. The highest BCUT2D eigenvalue weighted by molar-refractivity contribution is 7.87. The minimum absolute atomic E-state index is 0.185. The van der Waals surface area contributed by atoms with Gasteiger partial charge in [-0.15, -0.1) is 0 Å². The molecular formula is C13H8F2N2O4S. The molecule has 0 fully saturated rings. The Kier molecular flexibility index (Phi) is 3.28. The maximum absolute atomic E-state index is 13.1. The molecule has 0 aliphatic rings. The number of nitrogens with zero attached hydrogens (tertiary/aromatic N) is 2. The van der Waals surface area contributed by atoms with Crippen molar-refractivity contribution < 1.29 is 25.9 Å². The molecule has 0 saturated heterocycles. The van der Waals surface area contributed by atoms with E-state index in [2.05, 4.69) is 10.1 Å². The van der Waals surface area contributed by atoms with Crippen LogP contribution in [0.15, 0.2) is 39.9 Å². The molecule has 0 radical (unpaired) electrons. The van der Waals surface area contributed by atoms with E-state index in [0.717, 1.165) is 18.3 Å². The van der Waals surface area contributed by atoms with E-state index in [-0.39, 0.29) is 16.4 Å². The van der Waals surface area contributed by atoms with Crippen LogP contribution < -0.4 is 4.18 Å². The van der Waals surface area contributed by atoms with E-state index in [1.165, 1.54) is 6.07 Å². The zero-order chi connectivity index (χ0) is 15.9. The van der Waals surface area contributed by atoms with E-state index in [0.29, 0.717) is 17.1 Å². The second kappa shape index (κ2) is 5.02. The highest BCUT2D eigenvalue weighted by atomic mass is 32.2. The van der Waals surface area contributed by atoms with Gasteiger partial charge in [-0.25, -0.2) is 13.8 Å². The number of hydrogen-bond donors (Lipinski definition) is 0. The van der Waals surface area contributed by atoms with Crippen molar-refractivity contribution in [1.29, 1.82) is 0 Å². The fourth-order valence-corrected chi connectivity index (χ4v) is 2.66. The Morgan fingerprint density at radius 2 is 1.95 bits per heavy atom. The lowest BCUT2D eigenvalue weighted by atomic mass is 10.3. The van der Waals surface area contributed by atoms with Gasteiger partial charge in [0.1, 0.15) is 10.6 Å². The second-order valence-electron chi connectivity index (χ2n) is 4.41. The predicted octanol–water partition coefficient (Wildman–Crippen LogP) is 2.58. The lowest BCUT2D eigenvalue weighted by Crippen LogP contribution is -2.10. The van der Waals surface area contributed by atoms with Gasteiger partial charge < -0.3 is 8.71 Å². The zero-order valence-electron chi connectivity index (χ0n) is 11.1. The average molecular weight is 326 g/mol. The Hall–Kier alpha value is -2.55. The molecule has 2 aromatic heterocycles. The molecule has 0 spiro atoms. The first-order valence-electron chi connectivity index (χ1n) is 5.98. The number of hydrogen-bond acceptors (Lipinski definition) is 6. The van der Waals surface area contributed by atoms with Gasteiger partial charge in [0.15, 0.2) is 11.6 Å². The van der Waals surface area contributed by atoms with Crippen LogP contribution in [-0.2, 0) is 10.1 Å². The zero-order valence-corrected chi connectivity index (χ0v) is 11.9. The molecule has 3 aromatic rings. The molecule has 22 heavy (non-hydrogen) atoms. The molecule has 0 bridgehead atoms. The third-order valence-electron chi connectivity index (χ3n) is 2.87. The molecule has 0 N–H and O–H groups in total. The monoisotopic (exact) mass is 326 g/mol. The summed E-state index contributed by atoms with van der Waals surface area (Å²) in [6, 6.07) is 3.70. The fourth-order valence-electron chi connectivity index (χ4n) is 1.77. The third-order valence-corrected chi connectivity index (χ3v) is 4.08. The van der Waals surface area contributed by atoms with Crippen LogP contribution in [0.1, 0.15) is 5.69 Å². The molecule has 9 heteroatoms. The Balaban J connectivity index is 2.00. The molecule has 0 aliphatic carbocycles. The number of fused-ring (bicyclic) bond motifs is 1. The minimum Gasteiger partial charge on any atom is -0.379 e. The highest BCUT2D eigenvalue weighted by Gasteiger charge is 2.20. The smallest absolute Gasteiger partial charge is 0.340 e. The van der Waals surface area contributed by atoms with E-state index in [1.807, 2.05) is 0 Å². The van der Waals surface area contributed by atoms with E-state index in [1.54, 1.807) is 6.92 Å². The van der Waals surface area contributed by atoms with Crippen LogP contribution >= 0.6 is 0 Å². The van der Waals surface area contributed by atoms with Gasteiger partial charge in [-0.1, -0.05) is 5.16 Å². The minimum atomic E-state index is -4.25. The number of aromatic nitrogens is 2. The van der Waals surface area contributed by atoms with Crippen molar-refractivity contribution in [1.82, 2.24) is 10.1 Å². The number of aryl methyl sites for hydroxylation is 1. The van der Waals surface area contributed by atoms with Gasteiger partial charge in [0.2, 0.25) is 0 Å². The predicted molar refractivity (Wildman–Crippen MR) is 70.7 cm³/mol. The Morgan fingerprint density at radius 3 is 2.68 bits per heavy atom. The van der Waals surface area contributed by atoms with Crippen molar-refractivity contribution in [3.63, 3.8) is 0 Å². The van der Waals surface area contributed by atoms with Crippen LogP contribution in [0.3, 0.4) is 0 Å². The van der Waals surface area contributed by atoms with Gasteiger partial charge in [0.05, 0.1) is 17.3 Å². The number of pyridine rings is 1. The molecule has 2 heterocycles. The first kappa shape index (κ1) is 14.4. The Labute approximate surface area is 123 Å². The Bertz CT molecular complexity index is 969. The largest absolute Gasteiger partial charge is 0.379 e. The molecule has 0 unspecified atom stereocenters. The summed E-state index contributed by atoms with van der Waals surface area (Å²) in [4.78, 5) is 3.57. The second-order valence-corrected chi connectivity index (χ2v) is 5.95. The molecule has 1 aromatic carbocycles. The summed E-state index contributed by atoms with van der Waals surface area (Å²) >= 11 is 0. The molecule has 6 nitrogen and oxygen atoms in total. The van der Waals surface area contributed by atoms with E-state index in [9.17, 15) is 17.2 Å². The first-order chi connectivity index (χ1) is 10.4. The van der Waals surface area contributed by atoms with Crippen molar-refractivity contribution >= 4 is 21.2 Å². The summed E-state index contributed by atoms with van der Waals surface area (Å²) in [5.41, 5.74) is 0.650. The van der Waals surface area contributed by atoms with Gasteiger partial charge >= 0.3 is 10.1 Å². The van der Waals surface area contributed by atoms with Crippen molar-refractivity contribution in [3.05, 3.63) is 47.8 Å². The number of halogens is 2. The number of rotatable bonds is 3. The fraction of sp³-hybridized carbons (Fsp3) is 0.0769. The highest BCUT2D eigenvalue weighted by Crippen LogP contribution is 2.23. The van der Waals surface area contributed by atoms with Crippen molar-refractivity contribution in [2.75, 3.05) is 0 Å². The Morgan fingerprint density at radius 1 is 1.18 bits per heavy atom. The lowest BCUT2D eigenvalue weighted by molar-refractivity contribution is 0.442. The SMILES string of the molecule is Cc1noc2ncc(S(=O)(=O)Oc3ccc(F)c(F)c3)cc12. The van der Waals surface area contributed by atoms with Crippen LogP contribution in [-0.4, -0.2) is 18.6 Å². The van der Waals surface area contributed by atoms with E-state index < -0.39 is 21.8 Å². The van der Waals surface area contributed by atoms with Gasteiger partial charge in [0.25, 0.3) is 5.71 Å². The van der Waals surface area contributed by atoms with Crippen molar-refractivity contribution in [2.24, 2.45) is 0 Å². The average Bonchev–Trinajstić information content (AvgIpc) is 2.84. The van der Waals surface area contributed by atoms with Crippen LogP contribution in [0.25, 0.3) is 11.1 Å². The van der Waals surface area contributed by atoms with Gasteiger partial charge in [0, 0.05) is 6.07 Å². The molecule has 0 amide bonds. The van der Waals surface area contributed by atoms with Crippen molar-refractivity contribution in [2.45, 2.75) is 11.8 Å². The summed E-state index contributed by atoms with van der Waals surface area (Å²) in [6.07, 6.45) is 1.03. The normalized spacial score (nSPS) is 11.8. The summed E-state index contributed by atoms with van der Waals surface area (Å²) in [7, 11) is -4.25. The van der Waals surface area contributed by atoms with Gasteiger partial charge in [-0.05, 0) is 25.1 Å². The van der Waals surface area contributed by atoms with Crippen LogP contribution in [0.5, 0.6) is 5.75 Å². The maximum atomic E-state index is 13.1. The molecule has 0 saturated carbocycles. The van der Waals surface area contributed by atoms with Crippen LogP contribution in [0, 0.1) is 18.6 Å². The van der Waals surface area contributed by atoms with E-state index >= 15 is 0 Å². The molecule has 0 aliphatic heterocycles. The topological polar surface area (TPSA) is 82.3 Å². The van der Waals surface area contributed by atoms with Crippen LogP contribution in [0.2, 0.25) is 0 Å². The molecular weight excluding hydrogens is 318 g/mol. The molecule has 0 atom stereocenters. The summed E-state index contributed by atoms with van der Waals surface area (Å²) in [5.74, 6) is -2.66. The summed E-state index contributed by atoms with van der Waals surface area (Å²) in [5, 5.41) is 4.07. The van der Waals surface area contributed by atoms with E-state index in [4.69, 9.17) is 8.71 Å².